The monoisotopic (exact) mass is 488 g/mol. The van der Waals surface area contributed by atoms with E-state index in [1.54, 1.807) is 38.1 Å². The molecule has 0 bridgehead atoms. The molecule has 1 atom stereocenters. The van der Waals surface area contributed by atoms with Crippen LogP contribution in [0, 0.1) is 34.6 Å². The van der Waals surface area contributed by atoms with Crippen LogP contribution in [0.25, 0.3) is 0 Å². The quantitative estimate of drug-likeness (QED) is 0.419. The zero-order valence-electron chi connectivity index (χ0n) is 20.7. The molecule has 1 unspecified atom stereocenters. The van der Waals surface area contributed by atoms with Gasteiger partial charge in [0, 0.05) is 14.2 Å². The first-order valence-electron chi connectivity index (χ1n) is 11.0. The van der Waals surface area contributed by atoms with Gasteiger partial charge in [0.2, 0.25) is 15.9 Å². The summed E-state index contributed by atoms with van der Waals surface area (Å²) in [6, 6.07) is 7.67. The van der Waals surface area contributed by atoms with Crippen molar-refractivity contribution in [1.82, 2.24) is 4.31 Å². The van der Waals surface area contributed by atoms with Crippen LogP contribution in [-0.2, 0) is 29.1 Å². The van der Waals surface area contributed by atoms with Crippen molar-refractivity contribution < 1.29 is 27.5 Å². The number of sulfonamides is 1. The summed E-state index contributed by atoms with van der Waals surface area (Å²) >= 11 is 0. The molecule has 1 fully saturated rings. The minimum Gasteiger partial charge on any atom is -0.354 e. The van der Waals surface area contributed by atoms with Crippen LogP contribution < -0.4 is 4.90 Å². The maximum atomic E-state index is 14.1. The summed E-state index contributed by atoms with van der Waals surface area (Å²) < 4.78 is 39.8. The van der Waals surface area contributed by atoms with Crippen LogP contribution in [-0.4, -0.2) is 57.6 Å². The Morgan fingerprint density at radius 3 is 2.00 bits per heavy atom. The smallest absolute Gasteiger partial charge is 0.252 e. The molecule has 2 aromatic carbocycles. The summed E-state index contributed by atoms with van der Waals surface area (Å²) in [6.45, 7) is 8.85. The minimum absolute atomic E-state index is 0.144. The first-order chi connectivity index (χ1) is 15.9. The summed E-state index contributed by atoms with van der Waals surface area (Å²) in [4.78, 5) is 27.6. The molecular weight excluding hydrogens is 456 g/mol. The van der Waals surface area contributed by atoms with Gasteiger partial charge in [-0.1, -0.05) is 23.8 Å². The normalized spacial score (nSPS) is 16.9. The number of carbonyl (C=O) groups is 2. The molecule has 2 aromatic rings. The molecule has 0 aromatic heterocycles. The van der Waals surface area contributed by atoms with Crippen molar-refractivity contribution in [2.24, 2.45) is 0 Å². The van der Waals surface area contributed by atoms with Crippen molar-refractivity contribution in [3.63, 3.8) is 0 Å². The van der Waals surface area contributed by atoms with Crippen molar-refractivity contribution >= 4 is 27.5 Å². The second-order valence-electron chi connectivity index (χ2n) is 8.69. The Labute approximate surface area is 201 Å². The summed E-state index contributed by atoms with van der Waals surface area (Å²) in [6.07, 6.45) is -1.19. The Morgan fingerprint density at radius 1 is 0.971 bits per heavy atom. The van der Waals surface area contributed by atoms with Crippen molar-refractivity contribution in [1.29, 1.82) is 0 Å². The van der Waals surface area contributed by atoms with Crippen molar-refractivity contribution in [2.75, 3.05) is 25.7 Å². The van der Waals surface area contributed by atoms with E-state index in [-0.39, 0.29) is 17.9 Å². The number of benzene rings is 2. The molecule has 1 saturated heterocycles. The molecule has 3 rings (SSSR count). The third-order valence-electron chi connectivity index (χ3n) is 6.48. The molecular formula is C25H32N2O6S. The lowest BCUT2D eigenvalue weighted by molar-refractivity contribution is -0.125. The topological polar surface area (TPSA) is 93.2 Å². The average molecular weight is 489 g/mol. The molecule has 0 saturated carbocycles. The van der Waals surface area contributed by atoms with Crippen LogP contribution in [0.1, 0.15) is 34.2 Å². The van der Waals surface area contributed by atoms with Gasteiger partial charge in [-0.2, -0.15) is 4.31 Å². The molecule has 34 heavy (non-hydrogen) atoms. The first-order valence-corrected chi connectivity index (χ1v) is 12.5. The summed E-state index contributed by atoms with van der Waals surface area (Å²) in [5, 5.41) is 0. The fourth-order valence-electron chi connectivity index (χ4n) is 4.28. The Morgan fingerprint density at radius 2 is 1.50 bits per heavy atom. The number of carbonyl (C=O) groups excluding carboxylic acids is 2. The largest absolute Gasteiger partial charge is 0.354 e. The highest BCUT2D eigenvalue weighted by Crippen LogP contribution is 2.34. The van der Waals surface area contributed by atoms with Gasteiger partial charge in [-0.3, -0.25) is 9.59 Å². The van der Waals surface area contributed by atoms with Crippen LogP contribution >= 0.6 is 0 Å². The zero-order valence-corrected chi connectivity index (χ0v) is 21.5. The maximum Gasteiger partial charge on any atom is 0.252 e. The first kappa shape index (κ1) is 26.0. The van der Waals surface area contributed by atoms with Gasteiger partial charge >= 0.3 is 0 Å². The maximum absolute atomic E-state index is 14.1. The van der Waals surface area contributed by atoms with Crippen molar-refractivity contribution in [3.8, 4) is 0 Å². The highest BCUT2D eigenvalue weighted by atomic mass is 32.2. The number of hydrogen-bond acceptors (Lipinski definition) is 6. The zero-order chi connectivity index (χ0) is 25.4. The number of hydrogen-bond donors (Lipinski definition) is 0. The van der Waals surface area contributed by atoms with Crippen LogP contribution in [0.15, 0.2) is 35.2 Å². The van der Waals surface area contributed by atoms with Crippen molar-refractivity contribution in [3.05, 3.63) is 58.1 Å². The van der Waals surface area contributed by atoms with Gasteiger partial charge in [-0.15, -0.1) is 0 Å². The number of aryl methyl sites for hydroxylation is 3. The van der Waals surface area contributed by atoms with Gasteiger partial charge < -0.3 is 9.47 Å². The van der Waals surface area contributed by atoms with E-state index in [4.69, 9.17) is 9.47 Å². The molecule has 2 amide bonds. The number of rotatable bonds is 8. The molecule has 1 aliphatic rings. The Hall–Kier alpha value is -2.59. The lowest BCUT2D eigenvalue weighted by Crippen LogP contribution is -2.49. The van der Waals surface area contributed by atoms with E-state index < -0.39 is 34.2 Å². The van der Waals surface area contributed by atoms with E-state index in [1.807, 2.05) is 26.8 Å². The average Bonchev–Trinajstić information content (AvgIpc) is 3.07. The van der Waals surface area contributed by atoms with E-state index in [9.17, 15) is 18.0 Å². The fourth-order valence-corrected chi connectivity index (χ4v) is 6.42. The number of amides is 2. The molecule has 1 heterocycles. The van der Waals surface area contributed by atoms with Crippen molar-refractivity contribution in [2.45, 2.75) is 58.3 Å². The van der Waals surface area contributed by atoms with Gasteiger partial charge in [-0.05, 0) is 69.0 Å². The number of nitrogens with zero attached hydrogens (tertiary/aromatic N) is 2. The van der Waals surface area contributed by atoms with E-state index in [0.717, 1.165) is 25.9 Å². The lowest BCUT2D eigenvalue weighted by atomic mass is 10.0. The highest BCUT2D eigenvalue weighted by Gasteiger charge is 2.48. The van der Waals surface area contributed by atoms with E-state index in [1.165, 1.54) is 14.2 Å². The molecule has 1 aliphatic heterocycles. The third-order valence-corrected chi connectivity index (χ3v) is 8.63. The summed E-state index contributed by atoms with van der Waals surface area (Å²) in [5.74, 6) is -1.05. The second kappa shape index (κ2) is 9.95. The van der Waals surface area contributed by atoms with Crippen LogP contribution in [0.5, 0.6) is 0 Å². The number of ether oxygens (including phenoxy) is 2. The SMILES string of the molecule is COC(CN(C1CC(=O)N(c2ccc(C)cc2)C1=O)S(=O)(=O)c1c(C)c(C)cc(C)c1C)OC. The lowest BCUT2D eigenvalue weighted by Gasteiger charge is -2.31. The third kappa shape index (κ3) is 4.65. The second-order valence-corrected chi connectivity index (χ2v) is 10.5. The molecule has 0 radical (unpaired) electrons. The van der Waals surface area contributed by atoms with E-state index in [0.29, 0.717) is 16.8 Å². The number of imide groups is 1. The standard InChI is InChI=1S/C25H32N2O6S/c1-15-8-10-20(11-9-15)27-22(28)13-21(25(27)29)26(14-23(32-6)33-7)34(30,31)24-18(4)16(2)12-17(3)19(24)5/h8-12,21,23H,13-14H2,1-7H3. The van der Waals surface area contributed by atoms with E-state index in [2.05, 4.69) is 0 Å². The minimum atomic E-state index is -4.20. The predicted octanol–water partition coefficient (Wildman–Crippen LogP) is 3.17. The highest BCUT2D eigenvalue weighted by molar-refractivity contribution is 7.89. The fraction of sp³-hybridized carbons (Fsp3) is 0.440. The van der Waals surface area contributed by atoms with Crippen LogP contribution in [0.2, 0.25) is 0 Å². The molecule has 0 aliphatic carbocycles. The molecule has 184 valence electrons. The Bertz CT molecular complexity index is 1180. The number of anilines is 1. The van der Waals surface area contributed by atoms with Gasteiger partial charge in [0.15, 0.2) is 6.29 Å². The summed E-state index contributed by atoms with van der Waals surface area (Å²) in [7, 11) is -1.41. The predicted molar refractivity (Wildman–Crippen MR) is 129 cm³/mol. The molecule has 0 N–H and O–H groups in total. The van der Waals surface area contributed by atoms with Crippen LogP contribution in [0.3, 0.4) is 0 Å². The van der Waals surface area contributed by atoms with Gasteiger partial charge in [0.1, 0.15) is 6.04 Å². The number of methoxy groups -OCH3 is 2. The summed E-state index contributed by atoms with van der Waals surface area (Å²) in [5.41, 5.74) is 4.25. The molecule has 9 heteroatoms. The van der Waals surface area contributed by atoms with Gasteiger partial charge in [-0.25, -0.2) is 13.3 Å². The Balaban J connectivity index is 2.13. The van der Waals surface area contributed by atoms with Crippen LogP contribution in [0.4, 0.5) is 5.69 Å². The van der Waals surface area contributed by atoms with E-state index >= 15 is 0 Å². The molecule has 0 spiro atoms. The Kier molecular flexibility index (Phi) is 7.62. The molecule has 8 nitrogen and oxygen atoms in total. The van der Waals surface area contributed by atoms with Gasteiger partial charge in [0.25, 0.3) is 5.91 Å². The van der Waals surface area contributed by atoms with Gasteiger partial charge in [0.05, 0.1) is 23.5 Å².